The van der Waals surface area contributed by atoms with Gasteiger partial charge in [0.25, 0.3) is 0 Å². The number of carbonyl (C=O) groups is 1. The molecule has 0 saturated carbocycles. The van der Waals surface area contributed by atoms with Gasteiger partial charge in [0, 0.05) is 0 Å². The molecule has 0 atom stereocenters. The smallest absolute Gasteiger partial charge is 1.00 e. The van der Waals surface area contributed by atoms with Crippen molar-refractivity contribution in [1.29, 1.82) is 0 Å². The Balaban J connectivity index is 0. The maximum Gasteiger partial charge on any atom is 1.00 e. The van der Waals surface area contributed by atoms with E-state index in [9.17, 15) is 9.18 Å². The monoisotopic (exact) mass is 198 g/mol. The standard InChI is InChI=1S/C7H4ClFO2.Na.H/c8-4-2-1-3-5(9)6(4)7(10)11;;/h1-3H,(H,10,11);;/q;+1;-1. The number of benzene rings is 1. The van der Waals surface area contributed by atoms with Gasteiger partial charge in [0.05, 0.1) is 5.02 Å². The van der Waals surface area contributed by atoms with E-state index < -0.39 is 17.3 Å². The SMILES string of the molecule is O=C(O)c1c(F)cccc1Cl.[H-].[Na+]. The van der Waals surface area contributed by atoms with E-state index in [1.165, 1.54) is 12.1 Å². The first-order valence-corrected chi connectivity index (χ1v) is 3.18. The van der Waals surface area contributed by atoms with Gasteiger partial charge in [-0.05, 0) is 12.1 Å². The molecule has 2 nitrogen and oxygen atoms in total. The van der Waals surface area contributed by atoms with Crippen molar-refractivity contribution in [3.63, 3.8) is 0 Å². The van der Waals surface area contributed by atoms with Crippen LogP contribution in [0.2, 0.25) is 5.02 Å². The van der Waals surface area contributed by atoms with E-state index in [4.69, 9.17) is 16.7 Å². The summed E-state index contributed by atoms with van der Waals surface area (Å²) in [6.07, 6.45) is 0. The summed E-state index contributed by atoms with van der Waals surface area (Å²) >= 11 is 5.40. The Kier molecular flexibility index (Phi) is 4.78. The molecule has 0 fully saturated rings. The Bertz CT molecular complexity index is 288. The summed E-state index contributed by atoms with van der Waals surface area (Å²) in [4.78, 5) is 10.3. The van der Waals surface area contributed by atoms with Crippen molar-refractivity contribution in [3.8, 4) is 0 Å². The van der Waals surface area contributed by atoms with Crippen LogP contribution < -0.4 is 29.6 Å². The van der Waals surface area contributed by atoms with Gasteiger partial charge in [-0.25, -0.2) is 9.18 Å². The molecule has 0 amide bonds. The maximum absolute atomic E-state index is 12.6. The van der Waals surface area contributed by atoms with Crippen LogP contribution in [0, 0.1) is 5.82 Å². The van der Waals surface area contributed by atoms with Crippen LogP contribution in [-0.4, -0.2) is 11.1 Å². The van der Waals surface area contributed by atoms with Gasteiger partial charge < -0.3 is 6.53 Å². The van der Waals surface area contributed by atoms with Crippen LogP contribution in [0.5, 0.6) is 0 Å². The Labute approximate surface area is 97.1 Å². The Hall–Kier alpha value is -0.0900. The molecule has 1 N–H and O–H groups in total. The topological polar surface area (TPSA) is 37.3 Å². The van der Waals surface area contributed by atoms with Gasteiger partial charge in [-0.3, -0.25) is 0 Å². The third-order valence-corrected chi connectivity index (χ3v) is 1.49. The van der Waals surface area contributed by atoms with Crippen molar-refractivity contribution in [2.75, 3.05) is 0 Å². The fourth-order valence-corrected chi connectivity index (χ4v) is 0.946. The second-order valence-corrected chi connectivity index (χ2v) is 2.31. The average Bonchev–Trinajstić information content (AvgIpc) is 1.85. The fraction of sp³-hybridized carbons (Fsp3) is 0. The third kappa shape index (κ3) is 2.45. The van der Waals surface area contributed by atoms with E-state index in [2.05, 4.69) is 0 Å². The molecule has 1 aromatic rings. The summed E-state index contributed by atoms with van der Waals surface area (Å²) in [6.45, 7) is 0. The predicted molar refractivity (Wildman–Crippen MR) is 39.5 cm³/mol. The zero-order valence-corrected chi connectivity index (χ0v) is 9.10. The van der Waals surface area contributed by atoms with Crippen LogP contribution in [0.25, 0.3) is 0 Å². The van der Waals surface area contributed by atoms with Crippen molar-refractivity contribution in [1.82, 2.24) is 0 Å². The molecule has 0 aliphatic rings. The van der Waals surface area contributed by atoms with Crippen molar-refractivity contribution < 1.29 is 45.3 Å². The number of carboxylic acid groups (broad SMARTS) is 1. The molecule has 0 spiro atoms. The third-order valence-electron chi connectivity index (χ3n) is 1.18. The Morgan fingerprint density at radius 2 is 2.17 bits per heavy atom. The Morgan fingerprint density at radius 3 is 2.50 bits per heavy atom. The van der Waals surface area contributed by atoms with Crippen LogP contribution in [0.15, 0.2) is 18.2 Å². The summed E-state index contributed by atoms with van der Waals surface area (Å²) in [5, 5.41) is 8.34. The minimum Gasteiger partial charge on any atom is -1.00 e. The Morgan fingerprint density at radius 1 is 1.58 bits per heavy atom. The molecule has 0 aliphatic heterocycles. The quantitative estimate of drug-likeness (QED) is 0.606. The van der Waals surface area contributed by atoms with Gasteiger partial charge in [-0.1, -0.05) is 17.7 Å². The normalized spacial score (nSPS) is 8.83. The number of aromatic carboxylic acids is 1. The minimum absolute atomic E-state index is 0. The molecule has 0 aromatic heterocycles. The van der Waals surface area contributed by atoms with Gasteiger partial charge in [0.15, 0.2) is 0 Å². The number of hydrogen-bond acceptors (Lipinski definition) is 1. The summed E-state index contributed by atoms with van der Waals surface area (Å²) in [7, 11) is 0. The van der Waals surface area contributed by atoms with Crippen LogP contribution in [0.4, 0.5) is 4.39 Å². The van der Waals surface area contributed by atoms with E-state index in [1.54, 1.807) is 0 Å². The van der Waals surface area contributed by atoms with Crippen LogP contribution in [0.1, 0.15) is 11.8 Å². The molecule has 0 unspecified atom stereocenters. The molecule has 60 valence electrons. The summed E-state index contributed by atoms with van der Waals surface area (Å²) in [5.41, 5.74) is -0.478. The van der Waals surface area contributed by atoms with E-state index >= 15 is 0 Å². The van der Waals surface area contributed by atoms with Crippen molar-refractivity contribution in [2.24, 2.45) is 0 Å². The number of carboxylic acids is 1. The molecule has 1 aromatic carbocycles. The van der Waals surface area contributed by atoms with Crippen LogP contribution in [0.3, 0.4) is 0 Å². The second-order valence-electron chi connectivity index (χ2n) is 1.90. The average molecular weight is 199 g/mol. The van der Waals surface area contributed by atoms with Gasteiger partial charge >= 0.3 is 35.5 Å². The minimum atomic E-state index is -1.35. The zero-order valence-electron chi connectivity index (χ0n) is 7.34. The molecule has 0 saturated heterocycles. The van der Waals surface area contributed by atoms with E-state index in [1.807, 2.05) is 0 Å². The zero-order chi connectivity index (χ0) is 8.43. The maximum atomic E-state index is 12.6. The van der Waals surface area contributed by atoms with Crippen LogP contribution >= 0.6 is 11.6 Å². The van der Waals surface area contributed by atoms with Crippen molar-refractivity contribution in [2.45, 2.75) is 0 Å². The van der Waals surface area contributed by atoms with Gasteiger partial charge in [0.1, 0.15) is 11.4 Å². The predicted octanol–water partition coefficient (Wildman–Crippen LogP) is -0.706. The summed E-state index contributed by atoms with van der Waals surface area (Å²) < 4.78 is 12.6. The number of hydrogen-bond donors (Lipinski definition) is 1. The van der Waals surface area contributed by atoms with E-state index in [-0.39, 0.29) is 36.0 Å². The molecule has 0 aliphatic carbocycles. The molecule has 0 heterocycles. The van der Waals surface area contributed by atoms with Gasteiger partial charge in [-0.15, -0.1) is 0 Å². The largest absolute Gasteiger partial charge is 1.00 e. The van der Waals surface area contributed by atoms with Gasteiger partial charge in [0.2, 0.25) is 0 Å². The van der Waals surface area contributed by atoms with Gasteiger partial charge in [-0.2, -0.15) is 0 Å². The molecule has 0 bridgehead atoms. The first-order valence-electron chi connectivity index (χ1n) is 2.80. The molecular formula is C7H5ClFNaO2. The van der Waals surface area contributed by atoms with E-state index in [0.29, 0.717) is 0 Å². The summed E-state index contributed by atoms with van der Waals surface area (Å²) in [6, 6.07) is 3.73. The molecule has 12 heavy (non-hydrogen) atoms. The number of halogens is 2. The molecule has 0 radical (unpaired) electrons. The first kappa shape index (κ1) is 11.9. The molecule has 5 heteroatoms. The fourth-order valence-electron chi connectivity index (χ4n) is 0.702. The van der Waals surface area contributed by atoms with Crippen molar-refractivity contribution in [3.05, 3.63) is 34.6 Å². The number of rotatable bonds is 1. The molecular weight excluding hydrogens is 194 g/mol. The second kappa shape index (κ2) is 4.82. The summed E-state index contributed by atoms with van der Waals surface area (Å²) in [5.74, 6) is -2.17. The molecule has 1 rings (SSSR count). The first-order chi connectivity index (χ1) is 5.13. The van der Waals surface area contributed by atoms with E-state index in [0.717, 1.165) is 6.07 Å². The van der Waals surface area contributed by atoms with Crippen molar-refractivity contribution >= 4 is 17.6 Å². The van der Waals surface area contributed by atoms with Crippen LogP contribution in [-0.2, 0) is 0 Å².